The molecule has 0 aliphatic carbocycles. The zero-order valence-corrected chi connectivity index (χ0v) is 11.1. The maximum absolute atomic E-state index is 11.7. The molecular weight excluding hydrogens is 238 g/mol. The van der Waals surface area contributed by atoms with E-state index in [-0.39, 0.29) is 11.9 Å². The number of nitrogens with one attached hydrogen (secondary N) is 1. The summed E-state index contributed by atoms with van der Waals surface area (Å²) in [4.78, 5) is 18.0. The molecule has 2 fully saturated rings. The largest absolute Gasteiger partial charge is 0.385 e. The summed E-state index contributed by atoms with van der Waals surface area (Å²) in [6.07, 6.45) is 1.82. The highest BCUT2D eigenvalue weighted by atomic mass is 32.2. The number of likely N-dealkylation sites (N-methyl/N-ethyl adjacent to an activating group) is 1. The quantitative estimate of drug-likeness (QED) is 0.788. The molecule has 1 N–H and O–H groups in total. The number of hydrogen-bond acceptors (Lipinski definition) is 4. The Kier molecular flexibility index (Phi) is 4.28. The Bertz CT molecular complexity index is 322. The van der Waals surface area contributed by atoms with Crippen LogP contribution in [0.4, 0.5) is 0 Å². The Hall–Kier alpha value is -0.750. The summed E-state index contributed by atoms with van der Waals surface area (Å²) in [5.41, 5.74) is 0. The fourth-order valence-corrected chi connectivity index (χ4v) is 3.05. The predicted molar refractivity (Wildman–Crippen MR) is 69.4 cm³/mol. The van der Waals surface area contributed by atoms with Crippen molar-refractivity contribution in [1.29, 1.82) is 0 Å². The highest BCUT2D eigenvalue weighted by Gasteiger charge is 2.30. The van der Waals surface area contributed by atoms with Crippen molar-refractivity contribution in [2.75, 3.05) is 33.1 Å². The molecule has 0 aromatic rings. The lowest BCUT2D eigenvalue weighted by Crippen LogP contribution is -2.30. The lowest BCUT2D eigenvalue weighted by molar-refractivity contribution is -0.127. The summed E-state index contributed by atoms with van der Waals surface area (Å²) in [5.74, 6) is 1.15. The predicted octanol–water partition coefficient (Wildman–Crippen LogP) is 0.315. The van der Waals surface area contributed by atoms with Gasteiger partial charge >= 0.3 is 0 Å². The van der Waals surface area contributed by atoms with Gasteiger partial charge in [0.25, 0.3) is 0 Å². The van der Waals surface area contributed by atoms with Crippen LogP contribution in [0.25, 0.3) is 0 Å². The second-order valence-corrected chi connectivity index (χ2v) is 5.44. The molecule has 2 heterocycles. The number of hydrogen-bond donors (Lipinski definition) is 1. The number of carbonyl (C=O) groups excluding carboxylic acids is 1. The number of methoxy groups -OCH3 is 1. The van der Waals surface area contributed by atoms with Crippen LogP contribution in [0.5, 0.6) is 0 Å². The van der Waals surface area contributed by atoms with Gasteiger partial charge in [0.2, 0.25) is 5.91 Å². The van der Waals surface area contributed by atoms with Gasteiger partial charge in [0.15, 0.2) is 5.17 Å². The monoisotopic (exact) mass is 257 g/mol. The van der Waals surface area contributed by atoms with Crippen LogP contribution in [-0.4, -0.2) is 61.1 Å². The van der Waals surface area contributed by atoms with E-state index in [9.17, 15) is 4.79 Å². The fourth-order valence-electron chi connectivity index (χ4n) is 1.99. The van der Waals surface area contributed by atoms with E-state index in [1.165, 1.54) is 0 Å². The average Bonchev–Trinajstić information content (AvgIpc) is 2.89. The summed E-state index contributed by atoms with van der Waals surface area (Å²) in [5, 5.41) is 4.27. The van der Waals surface area contributed by atoms with Gasteiger partial charge in [-0.1, -0.05) is 11.8 Å². The minimum Gasteiger partial charge on any atom is -0.385 e. The molecule has 0 aromatic carbocycles. The zero-order chi connectivity index (χ0) is 12.3. The Morgan fingerprint density at radius 1 is 1.65 bits per heavy atom. The van der Waals surface area contributed by atoms with Crippen LogP contribution in [0, 0.1) is 0 Å². The molecule has 1 amide bonds. The van der Waals surface area contributed by atoms with Gasteiger partial charge in [-0.3, -0.25) is 4.79 Å². The molecule has 17 heavy (non-hydrogen) atoms. The van der Waals surface area contributed by atoms with E-state index in [1.54, 1.807) is 23.8 Å². The van der Waals surface area contributed by atoms with Crippen molar-refractivity contribution in [3.63, 3.8) is 0 Å². The van der Waals surface area contributed by atoms with Crippen molar-refractivity contribution in [2.45, 2.75) is 24.9 Å². The minimum absolute atomic E-state index is 0.139. The molecule has 5 nitrogen and oxygen atoms in total. The smallest absolute Gasteiger partial charge is 0.247 e. The van der Waals surface area contributed by atoms with Crippen molar-refractivity contribution in [3.05, 3.63) is 0 Å². The first-order chi connectivity index (χ1) is 8.20. The molecule has 0 bridgehead atoms. The highest BCUT2D eigenvalue weighted by Crippen LogP contribution is 2.19. The average molecular weight is 257 g/mol. The summed E-state index contributed by atoms with van der Waals surface area (Å²) in [6.45, 7) is 1.58. The highest BCUT2D eigenvalue weighted by molar-refractivity contribution is 8.14. The minimum atomic E-state index is -0.170. The SMILES string of the molecule is COCCC1CSC(=NC2CCN(C)C2=O)N1. The molecule has 2 saturated heterocycles. The van der Waals surface area contributed by atoms with Crippen LogP contribution < -0.4 is 5.32 Å². The van der Waals surface area contributed by atoms with E-state index < -0.39 is 0 Å². The number of amidine groups is 1. The number of ether oxygens (including phenoxy) is 1. The first-order valence-corrected chi connectivity index (χ1v) is 6.90. The van der Waals surface area contributed by atoms with E-state index in [0.29, 0.717) is 6.04 Å². The maximum Gasteiger partial charge on any atom is 0.247 e. The molecule has 0 radical (unpaired) electrons. The van der Waals surface area contributed by atoms with Gasteiger partial charge in [0, 0.05) is 39.1 Å². The van der Waals surface area contributed by atoms with Crippen LogP contribution in [0.3, 0.4) is 0 Å². The molecule has 2 unspecified atom stereocenters. The Morgan fingerprint density at radius 2 is 2.47 bits per heavy atom. The van der Waals surface area contributed by atoms with E-state index in [1.807, 2.05) is 7.05 Å². The van der Waals surface area contributed by atoms with Crippen LogP contribution in [0.15, 0.2) is 4.99 Å². The van der Waals surface area contributed by atoms with Crippen molar-refractivity contribution < 1.29 is 9.53 Å². The summed E-state index contributed by atoms with van der Waals surface area (Å²) in [6, 6.07) is 0.254. The second-order valence-electron chi connectivity index (χ2n) is 4.43. The van der Waals surface area contributed by atoms with Gasteiger partial charge in [-0.2, -0.15) is 0 Å². The summed E-state index contributed by atoms with van der Waals surface area (Å²) >= 11 is 1.70. The van der Waals surface area contributed by atoms with Gasteiger partial charge in [-0.15, -0.1) is 0 Å². The van der Waals surface area contributed by atoms with E-state index in [2.05, 4.69) is 10.3 Å². The van der Waals surface area contributed by atoms with Crippen LogP contribution in [0.2, 0.25) is 0 Å². The number of carbonyl (C=O) groups is 1. The van der Waals surface area contributed by atoms with Crippen molar-refractivity contribution in [1.82, 2.24) is 10.2 Å². The van der Waals surface area contributed by atoms with Gasteiger partial charge in [-0.05, 0) is 12.8 Å². The molecule has 96 valence electrons. The van der Waals surface area contributed by atoms with Crippen molar-refractivity contribution >= 4 is 22.8 Å². The standard InChI is InChI=1S/C11H19N3O2S/c1-14-5-3-9(10(14)15)13-11-12-8(7-17-11)4-6-16-2/h8-9H,3-7H2,1-2H3,(H,12,13). The van der Waals surface area contributed by atoms with Gasteiger partial charge < -0.3 is 15.0 Å². The maximum atomic E-state index is 11.7. The molecule has 2 aliphatic heterocycles. The Morgan fingerprint density at radius 3 is 3.12 bits per heavy atom. The van der Waals surface area contributed by atoms with Gasteiger partial charge in [-0.25, -0.2) is 4.99 Å². The summed E-state index contributed by atoms with van der Waals surface area (Å²) in [7, 11) is 3.54. The van der Waals surface area contributed by atoms with Gasteiger partial charge in [0.05, 0.1) is 0 Å². The number of amides is 1. The lowest BCUT2D eigenvalue weighted by atomic mass is 10.2. The topological polar surface area (TPSA) is 53.9 Å². The van der Waals surface area contributed by atoms with E-state index in [4.69, 9.17) is 4.74 Å². The zero-order valence-electron chi connectivity index (χ0n) is 10.3. The molecule has 0 spiro atoms. The van der Waals surface area contributed by atoms with E-state index in [0.717, 1.165) is 36.9 Å². The molecule has 0 saturated carbocycles. The summed E-state index contributed by atoms with van der Waals surface area (Å²) < 4.78 is 5.05. The third-order valence-electron chi connectivity index (χ3n) is 3.09. The Labute approximate surface area is 106 Å². The van der Waals surface area contributed by atoms with Crippen LogP contribution in [-0.2, 0) is 9.53 Å². The lowest BCUT2D eigenvalue weighted by Gasteiger charge is -2.09. The first kappa shape index (κ1) is 12.7. The third kappa shape index (κ3) is 3.13. The Balaban J connectivity index is 1.85. The number of aliphatic imine (C=N–C) groups is 1. The molecule has 6 heteroatoms. The van der Waals surface area contributed by atoms with Crippen LogP contribution >= 0.6 is 11.8 Å². The molecule has 2 rings (SSSR count). The molecular formula is C11H19N3O2S. The molecule has 2 atom stereocenters. The normalized spacial score (nSPS) is 31.3. The van der Waals surface area contributed by atoms with Gasteiger partial charge in [0.1, 0.15) is 6.04 Å². The first-order valence-electron chi connectivity index (χ1n) is 5.91. The fraction of sp³-hybridized carbons (Fsp3) is 0.818. The number of thioether (sulfide) groups is 1. The number of rotatable bonds is 4. The number of likely N-dealkylation sites (tertiary alicyclic amines) is 1. The third-order valence-corrected chi connectivity index (χ3v) is 4.16. The number of nitrogens with zero attached hydrogens (tertiary/aromatic N) is 2. The van der Waals surface area contributed by atoms with Crippen LogP contribution in [0.1, 0.15) is 12.8 Å². The second kappa shape index (κ2) is 5.73. The van der Waals surface area contributed by atoms with Crippen molar-refractivity contribution in [2.24, 2.45) is 4.99 Å². The molecule has 0 aromatic heterocycles. The van der Waals surface area contributed by atoms with Crippen molar-refractivity contribution in [3.8, 4) is 0 Å². The molecule has 2 aliphatic rings. The van der Waals surface area contributed by atoms with E-state index >= 15 is 0 Å².